The van der Waals surface area contributed by atoms with Crippen LogP contribution in [0.3, 0.4) is 0 Å². The summed E-state index contributed by atoms with van der Waals surface area (Å²) in [5, 5.41) is 23.4. The fourth-order valence-electron chi connectivity index (χ4n) is 8.15. The summed E-state index contributed by atoms with van der Waals surface area (Å²) in [4.78, 5) is 17.7. The molecule has 1 saturated carbocycles. The summed E-state index contributed by atoms with van der Waals surface area (Å²) in [6.07, 6.45) is 1.65. The number of aromatic hydroxyl groups is 1. The van der Waals surface area contributed by atoms with Gasteiger partial charge in [0.05, 0.1) is 22.6 Å². The van der Waals surface area contributed by atoms with Crippen LogP contribution in [0.1, 0.15) is 55.4 Å². The van der Waals surface area contributed by atoms with Crippen molar-refractivity contribution in [2.24, 2.45) is 0 Å². The first-order valence-electron chi connectivity index (χ1n) is 14.2. The third kappa shape index (κ3) is 4.03. The molecule has 1 amide bonds. The van der Waals surface area contributed by atoms with Crippen molar-refractivity contribution in [1.82, 2.24) is 9.80 Å². The Kier molecular flexibility index (Phi) is 6.54. The zero-order valence-electron chi connectivity index (χ0n) is 23.2. The van der Waals surface area contributed by atoms with E-state index in [0.29, 0.717) is 44.5 Å². The number of likely N-dealkylation sites (tertiary alicyclic amines) is 1. The molecule has 1 spiro atoms. The number of benzene rings is 2. The normalized spacial score (nSPS) is 30.3. The highest BCUT2D eigenvalue weighted by Gasteiger charge is 2.73. The Morgan fingerprint density at radius 1 is 1.27 bits per heavy atom. The molecule has 5 atom stereocenters. The standard InChI is InChI=1S/C32H35F3N2O4/c1-4-15-36-16-14-30-27-21-9-10-24(38)28(27)41-29(30)23(12-13-31(30,40)25(36)18-21)37(19(2)3)26(39)11-8-20-6-5-7-22(17-20)32(33,34)35/h4-11,17,19,23,25,29,38,40H,1,12-16,18H2,2-3H3/t23-,25+,29-,30-,31+/m0/s1. The first kappa shape index (κ1) is 27.8. The second-order valence-electron chi connectivity index (χ2n) is 12.0. The number of piperidine rings is 1. The van der Waals surface area contributed by atoms with Gasteiger partial charge in [0, 0.05) is 30.3 Å². The molecule has 2 fully saturated rings. The minimum Gasteiger partial charge on any atom is -0.504 e. The van der Waals surface area contributed by atoms with Crippen LogP contribution < -0.4 is 4.74 Å². The first-order chi connectivity index (χ1) is 19.4. The van der Waals surface area contributed by atoms with Gasteiger partial charge in [-0.2, -0.15) is 13.2 Å². The molecule has 218 valence electrons. The van der Waals surface area contributed by atoms with E-state index in [-0.39, 0.29) is 29.3 Å². The third-order valence-electron chi connectivity index (χ3n) is 9.71. The van der Waals surface area contributed by atoms with Gasteiger partial charge in [0.25, 0.3) is 0 Å². The summed E-state index contributed by atoms with van der Waals surface area (Å²) in [5.41, 5.74) is -0.534. The highest BCUT2D eigenvalue weighted by molar-refractivity contribution is 5.92. The molecule has 2 N–H and O–H groups in total. The number of phenolic OH excluding ortho intramolecular Hbond substituents is 1. The Balaban J connectivity index is 1.38. The molecule has 6 rings (SSSR count). The average molecular weight is 569 g/mol. The number of halogens is 3. The second-order valence-corrected chi connectivity index (χ2v) is 12.0. The Morgan fingerprint density at radius 2 is 2.05 bits per heavy atom. The van der Waals surface area contributed by atoms with Crippen molar-refractivity contribution in [2.45, 2.75) is 81.0 Å². The number of carbonyl (C=O) groups is 1. The number of carbonyl (C=O) groups excluding carboxylic acids is 1. The Morgan fingerprint density at radius 3 is 2.76 bits per heavy atom. The molecule has 41 heavy (non-hydrogen) atoms. The van der Waals surface area contributed by atoms with Gasteiger partial charge in [-0.05, 0) is 81.5 Å². The third-order valence-corrected chi connectivity index (χ3v) is 9.71. The van der Waals surface area contributed by atoms with Gasteiger partial charge >= 0.3 is 6.18 Å². The predicted octanol–water partition coefficient (Wildman–Crippen LogP) is 5.07. The van der Waals surface area contributed by atoms with Crippen LogP contribution in [-0.2, 0) is 22.8 Å². The van der Waals surface area contributed by atoms with E-state index < -0.39 is 34.9 Å². The van der Waals surface area contributed by atoms with Crippen molar-refractivity contribution >= 4 is 12.0 Å². The number of aliphatic hydroxyl groups is 1. The summed E-state index contributed by atoms with van der Waals surface area (Å²) in [7, 11) is 0. The minimum atomic E-state index is -4.48. The molecular weight excluding hydrogens is 533 g/mol. The van der Waals surface area contributed by atoms with Crippen LogP contribution >= 0.6 is 0 Å². The Labute approximate surface area is 237 Å². The number of hydrogen-bond donors (Lipinski definition) is 2. The van der Waals surface area contributed by atoms with Crippen molar-refractivity contribution in [3.8, 4) is 11.5 Å². The van der Waals surface area contributed by atoms with Crippen LogP contribution in [0.2, 0.25) is 0 Å². The first-order valence-corrected chi connectivity index (χ1v) is 14.2. The van der Waals surface area contributed by atoms with E-state index in [1.807, 2.05) is 26.0 Å². The van der Waals surface area contributed by atoms with E-state index in [1.54, 1.807) is 11.0 Å². The van der Waals surface area contributed by atoms with Gasteiger partial charge in [-0.1, -0.05) is 24.3 Å². The monoisotopic (exact) mass is 568 g/mol. The number of ether oxygens (including phenoxy) is 1. The number of amides is 1. The molecule has 2 aromatic carbocycles. The van der Waals surface area contributed by atoms with E-state index in [2.05, 4.69) is 11.5 Å². The number of phenols is 1. The molecule has 2 aromatic rings. The minimum absolute atomic E-state index is 0.0208. The maximum Gasteiger partial charge on any atom is 0.416 e. The number of alkyl halides is 3. The molecule has 2 aliphatic carbocycles. The SMILES string of the molecule is C=CCN1CC[C@]23c4c5ccc(O)c4O[C@H]2[C@@H](N(C(=O)C=Cc2cccc(C(F)(F)F)c2)C(C)C)CC[C@@]3(O)[C@H]1C5. The molecule has 1 saturated heterocycles. The van der Waals surface area contributed by atoms with Gasteiger partial charge < -0.3 is 19.8 Å². The van der Waals surface area contributed by atoms with Gasteiger partial charge in [0.2, 0.25) is 5.91 Å². The van der Waals surface area contributed by atoms with E-state index in [4.69, 9.17) is 4.74 Å². The molecule has 2 bridgehead atoms. The number of rotatable bonds is 6. The number of hydrogen-bond acceptors (Lipinski definition) is 5. The molecular formula is C32H35F3N2O4. The van der Waals surface area contributed by atoms with E-state index >= 15 is 0 Å². The topological polar surface area (TPSA) is 73.2 Å². The van der Waals surface area contributed by atoms with Gasteiger partial charge in [0.15, 0.2) is 11.5 Å². The van der Waals surface area contributed by atoms with E-state index in [9.17, 15) is 28.2 Å². The highest BCUT2D eigenvalue weighted by Crippen LogP contribution is 2.66. The lowest BCUT2D eigenvalue weighted by Gasteiger charge is -2.65. The summed E-state index contributed by atoms with van der Waals surface area (Å²) >= 11 is 0. The second kappa shape index (κ2) is 9.63. The largest absolute Gasteiger partial charge is 0.504 e. The van der Waals surface area contributed by atoms with Crippen LogP contribution in [0.15, 0.2) is 55.1 Å². The fourth-order valence-corrected chi connectivity index (χ4v) is 8.15. The fraction of sp³-hybridized carbons (Fsp3) is 0.469. The lowest BCUT2D eigenvalue weighted by atomic mass is 9.48. The molecule has 6 nitrogen and oxygen atoms in total. The molecule has 0 aromatic heterocycles. The van der Waals surface area contributed by atoms with Gasteiger partial charge in [-0.15, -0.1) is 6.58 Å². The molecule has 2 heterocycles. The zero-order valence-corrected chi connectivity index (χ0v) is 23.2. The van der Waals surface area contributed by atoms with Crippen molar-refractivity contribution in [2.75, 3.05) is 13.1 Å². The summed E-state index contributed by atoms with van der Waals surface area (Å²) in [5.74, 6) is 0.0706. The van der Waals surface area contributed by atoms with Crippen LogP contribution in [0, 0.1) is 0 Å². The van der Waals surface area contributed by atoms with Crippen LogP contribution in [-0.4, -0.2) is 68.8 Å². The average Bonchev–Trinajstić information content (AvgIpc) is 3.27. The van der Waals surface area contributed by atoms with Crippen LogP contribution in [0.25, 0.3) is 6.08 Å². The van der Waals surface area contributed by atoms with E-state index in [0.717, 1.165) is 23.3 Å². The molecule has 0 radical (unpaired) electrons. The van der Waals surface area contributed by atoms with Crippen molar-refractivity contribution in [3.05, 3.63) is 77.4 Å². The van der Waals surface area contributed by atoms with Crippen molar-refractivity contribution in [1.29, 1.82) is 0 Å². The lowest BCUT2D eigenvalue weighted by Crippen LogP contribution is -2.78. The zero-order chi connectivity index (χ0) is 29.3. The maximum atomic E-state index is 13.7. The molecule has 9 heteroatoms. The smallest absolute Gasteiger partial charge is 0.416 e. The van der Waals surface area contributed by atoms with Crippen LogP contribution in [0.4, 0.5) is 13.2 Å². The quantitative estimate of drug-likeness (QED) is 0.376. The van der Waals surface area contributed by atoms with Crippen molar-refractivity contribution in [3.63, 3.8) is 0 Å². The lowest BCUT2D eigenvalue weighted by molar-refractivity contribution is -0.200. The van der Waals surface area contributed by atoms with Gasteiger partial charge in [0.1, 0.15) is 6.10 Å². The predicted molar refractivity (Wildman–Crippen MR) is 149 cm³/mol. The van der Waals surface area contributed by atoms with Gasteiger partial charge in [-0.25, -0.2) is 0 Å². The highest BCUT2D eigenvalue weighted by atomic mass is 19.4. The summed E-state index contributed by atoms with van der Waals surface area (Å²) < 4.78 is 46.2. The van der Waals surface area contributed by atoms with Gasteiger partial charge in [-0.3, -0.25) is 9.69 Å². The maximum absolute atomic E-state index is 13.7. The van der Waals surface area contributed by atoms with Crippen LogP contribution in [0.5, 0.6) is 11.5 Å². The van der Waals surface area contributed by atoms with Crippen molar-refractivity contribution < 1.29 is 32.9 Å². The molecule has 4 aliphatic rings. The van der Waals surface area contributed by atoms with E-state index in [1.165, 1.54) is 24.3 Å². The number of nitrogens with zero attached hydrogens (tertiary/aromatic N) is 2. The summed E-state index contributed by atoms with van der Waals surface area (Å²) in [6, 6.07) is 7.59. The molecule has 2 aliphatic heterocycles. The molecule has 0 unspecified atom stereocenters. The summed E-state index contributed by atoms with van der Waals surface area (Å²) in [6.45, 7) is 9.07. The Bertz CT molecular complexity index is 1420. The Hall–Kier alpha value is -3.30.